The van der Waals surface area contributed by atoms with E-state index >= 15 is 0 Å². The van der Waals surface area contributed by atoms with Gasteiger partial charge in [0.25, 0.3) is 0 Å². The second kappa shape index (κ2) is 5.65. The lowest BCUT2D eigenvalue weighted by Crippen LogP contribution is -2.17. The van der Waals surface area contributed by atoms with Gasteiger partial charge in [-0.05, 0) is 0 Å². The van der Waals surface area contributed by atoms with Gasteiger partial charge in [-0.25, -0.2) is 9.97 Å². The molecule has 2 rings (SSSR count). The Morgan fingerprint density at radius 1 is 1.59 bits per heavy atom. The third kappa shape index (κ3) is 3.07. The maximum atomic E-state index is 5.89. The molecule has 1 aliphatic rings. The molecule has 0 N–H and O–H groups in total. The number of aromatic nitrogens is 2. The summed E-state index contributed by atoms with van der Waals surface area (Å²) in [6.45, 7) is 5.50. The van der Waals surface area contributed by atoms with Crippen LogP contribution in [-0.4, -0.2) is 29.3 Å². The summed E-state index contributed by atoms with van der Waals surface area (Å²) in [5.74, 6) is 2.11. The molecule has 17 heavy (non-hydrogen) atoms. The minimum Gasteiger partial charge on any atom is -0.484 e. The smallest absolute Gasteiger partial charge is 0.160 e. The summed E-state index contributed by atoms with van der Waals surface area (Å²) >= 11 is 5.89. The van der Waals surface area contributed by atoms with E-state index in [-0.39, 0.29) is 6.10 Å². The SMILES string of the molecule is CC(C)c1ncc(OC2CCOC2)c(CCl)n1. The van der Waals surface area contributed by atoms with Crippen molar-refractivity contribution in [2.24, 2.45) is 0 Å². The van der Waals surface area contributed by atoms with Gasteiger partial charge in [0.15, 0.2) is 5.75 Å². The molecule has 0 bridgehead atoms. The molecular weight excluding hydrogens is 240 g/mol. The van der Waals surface area contributed by atoms with E-state index in [0.29, 0.717) is 24.2 Å². The Kier molecular flexibility index (Phi) is 4.18. The van der Waals surface area contributed by atoms with Crippen molar-refractivity contribution in [1.29, 1.82) is 0 Å². The number of rotatable bonds is 4. The predicted octanol–water partition coefficient (Wildman–Crippen LogP) is 2.51. The zero-order valence-corrected chi connectivity index (χ0v) is 10.9. The van der Waals surface area contributed by atoms with Gasteiger partial charge in [-0.2, -0.15) is 0 Å². The highest BCUT2D eigenvalue weighted by Crippen LogP contribution is 2.23. The van der Waals surface area contributed by atoms with Crippen molar-refractivity contribution < 1.29 is 9.47 Å². The summed E-state index contributed by atoms with van der Waals surface area (Å²) in [5.41, 5.74) is 0.761. The first-order chi connectivity index (χ1) is 8.20. The van der Waals surface area contributed by atoms with Crippen molar-refractivity contribution >= 4 is 11.6 Å². The van der Waals surface area contributed by atoms with Gasteiger partial charge in [0.05, 0.1) is 25.3 Å². The van der Waals surface area contributed by atoms with Crippen LogP contribution in [-0.2, 0) is 10.6 Å². The number of ether oxygens (including phenoxy) is 2. The average Bonchev–Trinajstić information content (AvgIpc) is 2.82. The third-order valence-corrected chi connectivity index (χ3v) is 2.93. The van der Waals surface area contributed by atoms with Gasteiger partial charge in [-0.3, -0.25) is 0 Å². The van der Waals surface area contributed by atoms with Crippen LogP contribution in [0.2, 0.25) is 0 Å². The zero-order valence-electron chi connectivity index (χ0n) is 10.1. The van der Waals surface area contributed by atoms with E-state index in [2.05, 4.69) is 23.8 Å². The first-order valence-corrected chi connectivity index (χ1v) is 6.40. The quantitative estimate of drug-likeness (QED) is 0.777. The maximum absolute atomic E-state index is 5.89. The maximum Gasteiger partial charge on any atom is 0.160 e. The number of halogens is 1. The van der Waals surface area contributed by atoms with E-state index in [1.165, 1.54) is 0 Å². The minimum atomic E-state index is 0.102. The molecule has 1 aromatic rings. The standard InChI is InChI=1S/C12H17ClN2O2/c1-8(2)12-14-6-11(10(5-13)15-12)17-9-3-4-16-7-9/h6,8-9H,3-5,7H2,1-2H3. The van der Waals surface area contributed by atoms with E-state index in [4.69, 9.17) is 21.1 Å². The molecular formula is C12H17ClN2O2. The molecule has 94 valence electrons. The van der Waals surface area contributed by atoms with Crippen molar-refractivity contribution in [3.63, 3.8) is 0 Å². The molecule has 5 heteroatoms. The van der Waals surface area contributed by atoms with Gasteiger partial charge >= 0.3 is 0 Å². The molecule has 0 aromatic carbocycles. The monoisotopic (exact) mass is 256 g/mol. The van der Waals surface area contributed by atoms with Gasteiger partial charge in [0.2, 0.25) is 0 Å². The van der Waals surface area contributed by atoms with E-state index in [1.54, 1.807) is 6.20 Å². The summed E-state index contributed by atoms with van der Waals surface area (Å²) < 4.78 is 11.1. The zero-order chi connectivity index (χ0) is 12.3. The van der Waals surface area contributed by atoms with E-state index in [1.807, 2.05) is 0 Å². The van der Waals surface area contributed by atoms with Gasteiger partial charge in [0.1, 0.15) is 17.6 Å². The van der Waals surface area contributed by atoms with E-state index in [9.17, 15) is 0 Å². The van der Waals surface area contributed by atoms with Crippen LogP contribution in [0.15, 0.2) is 6.20 Å². The van der Waals surface area contributed by atoms with Gasteiger partial charge < -0.3 is 9.47 Å². The fourth-order valence-electron chi connectivity index (χ4n) is 1.68. The Morgan fingerprint density at radius 2 is 2.41 bits per heavy atom. The van der Waals surface area contributed by atoms with Crippen molar-refractivity contribution in [1.82, 2.24) is 9.97 Å². The molecule has 1 atom stereocenters. The van der Waals surface area contributed by atoms with Crippen LogP contribution >= 0.6 is 11.6 Å². The van der Waals surface area contributed by atoms with Crippen LogP contribution in [0.1, 0.15) is 37.7 Å². The Morgan fingerprint density at radius 3 is 3.00 bits per heavy atom. The Balaban J connectivity index is 2.15. The summed E-state index contributed by atoms with van der Waals surface area (Å²) in [6.07, 6.45) is 2.73. The molecule has 0 radical (unpaired) electrons. The highest BCUT2D eigenvalue weighted by Gasteiger charge is 2.19. The highest BCUT2D eigenvalue weighted by molar-refractivity contribution is 6.17. The van der Waals surface area contributed by atoms with Crippen LogP contribution < -0.4 is 4.74 Å². The first-order valence-electron chi connectivity index (χ1n) is 5.87. The number of hydrogen-bond donors (Lipinski definition) is 0. The normalized spacial score (nSPS) is 19.9. The Labute approximate surface area is 106 Å². The Hall–Kier alpha value is -0.870. The summed E-state index contributed by atoms with van der Waals surface area (Å²) in [4.78, 5) is 8.72. The number of hydrogen-bond acceptors (Lipinski definition) is 4. The van der Waals surface area contributed by atoms with Crippen LogP contribution in [0.5, 0.6) is 5.75 Å². The predicted molar refractivity (Wildman–Crippen MR) is 65.5 cm³/mol. The second-order valence-corrected chi connectivity index (χ2v) is 4.70. The number of alkyl halides is 1. The van der Waals surface area contributed by atoms with Gasteiger partial charge in [0, 0.05) is 12.3 Å². The molecule has 0 saturated carbocycles. The minimum absolute atomic E-state index is 0.102. The van der Waals surface area contributed by atoms with Crippen molar-refractivity contribution in [2.45, 2.75) is 38.2 Å². The fraction of sp³-hybridized carbons (Fsp3) is 0.667. The second-order valence-electron chi connectivity index (χ2n) is 4.43. The van der Waals surface area contributed by atoms with E-state index in [0.717, 1.165) is 24.5 Å². The van der Waals surface area contributed by atoms with Crippen LogP contribution in [0.3, 0.4) is 0 Å². The molecule has 4 nitrogen and oxygen atoms in total. The first kappa shape index (κ1) is 12.6. The highest BCUT2D eigenvalue weighted by atomic mass is 35.5. The van der Waals surface area contributed by atoms with Crippen LogP contribution in [0.25, 0.3) is 0 Å². The molecule has 0 amide bonds. The summed E-state index contributed by atoms with van der Waals surface area (Å²) in [7, 11) is 0. The van der Waals surface area contributed by atoms with Crippen molar-refractivity contribution in [2.75, 3.05) is 13.2 Å². The Bertz CT molecular complexity index is 379. The van der Waals surface area contributed by atoms with E-state index < -0.39 is 0 Å². The lowest BCUT2D eigenvalue weighted by atomic mass is 10.2. The average molecular weight is 257 g/mol. The van der Waals surface area contributed by atoms with Crippen LogP contribution in [0, 0.1) is 0 Å². The molecule has 2 heterocycles. The molecule has 0 aliphatic carbocycles. The van der Waals surface area contributed by atoms with Crippen molar-refractivity contribution in [3.05, 3.63) is 17.7 Å². The molecule has 0 spiro atoms. The van der Waals surface area contributed by atoms with Gasteiger partial charge in [-0.15, -0.1) is 11.6 Å². The topological polar surface area (TPSA) is 44.2 Å². The fourth-order valence-corrected chi connectivity index (χ4v) is 1.87. The molecule has 1 aromatic heterocycles. The lowest BCUT2D eigenvalue weighted by molar-refractivity contribution is 0.140. The molecule has 1 saturated heterocycles. The molecule has 1 aliphatic heterocycles. The van der Waals surface area contributed by atoms with Crippen LogP contribution in [0.4, 0.5) is 0 Å². The summed E-state index contributed by atoms with van der Waals surface area (Å²) in [6, 6.07) is 0. The van der Waals surface area contributed by atoms with Gasteiger partial charge in [-0.1, -0.05) is 13.8 Å². The largest absolute Gasteiger partial charge is 0.484 e. The van der Waals surface area contributed by atoms with Crippen molar-refractivity contribution in [3.8, 4) is 5.75 Å². The molecule has 1 fully saturated rings. The number of nitrogens with zero attached hydrogens (tertiary/aromatic N) is 2. The lowest BCUT2D eigenvalue weighted by Gasteiger charge is -2.15. The summed E-state index contributed by atoms with van der Waals surface area (Å²) in [5, 5.41) is 0. The molecule has 1 unspecified atom stereocenters. The third-order valence-electron chi connectivity index (χ3n) is 2.67.